The second-order valence-electron chi connectivity index (χ2n) is 5.89. The fraction of sp³-hybridized carbons (Fsp3) is 0.389. The van der Waals surface area contributed by atoms with Crippen LogP contribution in [0.3, 0.4) is 0 Å². The van der Waals surface area contributed by atoms with Crippen molar-refractivity contribution in [3.05, 3.63) is 57.8 Å². The molecule has 26 heavy (non-hydrogen) atoms. The first-order chi connectivity index (χ1) is 12.4. The van der Waals surface area contributed by atoms with Gasteiger partial charge in [0.2, 0.25) is 10.0 Å². The highest BCUT2D eigenvalue weighted by Gasteiger charge is 2.18. The van der Waals surface area contributed by atoms with E-state index in [4.69, 9.17) is 4.74 Å². The van der Waals surface area contributed by atoms with Crippen molar-refractivity contribution < 1.29 is 17.9 Å². The van der Waals surface area contributed by atoms with Crippen LogP contribution < -0.4 is 4.72 Å². The number of benzene rings is 1. The van der Waals surface area contributed by atoms with E-state index in [9.17, 15) is 13.2 Å². The van der Waals surface area contributed by atoms with Crippen molar-refractivity contribution in [3.8, 4) is 0 Å². The topological polar surface area (TPSA) is 75.7 Å². The van der Waals surface area contributed by atoms with E-state index < -0.39 is 10.0 Å². The molecule has 0 saturated heterocycles. The van der Waals surface area contributed by atoms with Crippen LogP contribution >= 0.6 is 11.3 Å². The van der Waals surface area contributed by atoms with Gasteiger partial charge >= 0.3 is 0 Å². The molecule has 0 aliphatic rings. The maximum absolute atomic E-state index is 12.9. The largest absolute Gasteiger partial charge is 0.383 e. The second kappa shape index (κ2) is 9.82. The highest BCUT2D eigenvalue weighted by atomic mass is 32.2. The van der Waals surface area contributed by atoms with Gasteiger partial charge < -0.3 is 9.64 Å². The number of thiophene rings is 1. The van der Waals surface area contributed by atoms with Crippen molar-refractivity contribution in [2.45, 2.75) is 13.0 Å². The molecule has 0 aliphatic heterocycles. The van der Waals surface area contributed by atoms with E-state index in [2.05, 4.69) is 4.72 Å². The van der Waals surface area contributed by atoms with Gasteiger partial charge in [-0.1, -0.05) is 30.3 Å². The van der Waals surface area contributed by atoms with Gasteiger partial charge in [0.25, 0.3) is 5.91 Å². The summed E-state index contributed by atoms with van der Waals surface area (Å²) in [5.41, 5.74) is 1.06. The Labute approximate surface area is 158 Å². The number of methoxy groups -OCH3 is 1. The first kappa shape index (κ1) is 20.6. The van der Waals surface area contributed by atoms with Crippen LogP contribution in [0.15, 0.2) is 42.5 Å². The molecular formula is C18H24N2O4S2. The van der Waals surface area contributed by atoms with Gasteiger partial charge in [-0.15, -0.1) is 11.3 Å². The van der Waals surface area contributed by atoms with E-state index >= 15 is 0 Å². The third kappa shape index (κ3) is 6.87. The van der Waals surface area contributed by atoms with Crippen LogP contribution in [0.4, 0.5) is 0 Å². The van der Waals surface area contributed by atoms with E-state index in [1.807, 2.05) is 36.4 Å². The molecule has 6 nitrogen and oxygen atoms in total. The summed E-state index contributed by atoms with van der Waals surface area (Å²) in [6.45, 7) is 1.82. The van der Waals surface area contributed by atoms with Gasteiger partial charge in [-0.3, -0.25) is 4.79 Å². The predicted molar refractivity (Wildman–Crippen MR) is 104 cm³/mol. The Bertz CT molecular complexity index is 804. The van der Waals surface area contributed by atoms with E-state index in [0.717, 1.165) is 16.7 Å². The van der Waals surface area contributed by atoms with Crippen molar-refractivity contribution in [2.75, 3.05) is 33.1 Å². The number of carbonyl (C=O) groups excluding carboxylic acids is 1. The van der Waals surface area contributed by atoms with E-state index in [0.29, 0.717) is 37.5 Å². The Hall–Kier alpha value is -1.74. The molecule has 0 saturated carbocycles. The lowest BCUT2D eigenvalue weighted by Gasteiger charge is -2.22. The highest BCUT2D eigenvalue weighted by Crippen LogP contribution is 2.20. The van der Waals surface area contributed by atoms with E-state index in [-0.39, 0.29) is 5.91 Å². The number of nitrogens with zero attached hydrogens (tertiary/aromatic N) is 1. The molecule has 2 aromatic rings. The molecule has 1 amide bonds. The van der Waals surface area contributed by atoms with Gasteiger partial charge in [0.1, 0.15) is 0 Å². The van der Waals surface area contributed by atoms with Gasteiger partial charge in [-0.05, 0) is 24.1 Å². The minimum atomic E-state index is -3.20. The number of rotatable bonds is 10. The molecule has 1 aromatic carbocycles. The summed E-state index contributed by atoms with van der Waals surface area (Å²) >= 11 is 1.40. The number of sulfonamides is 1. The Morgan fingerprint density at radius 1 is 1.19 bits per heavy atom. The van der Waals surface area contributed by atoms with Crippen LogP contribution in [0.2, 0.25) is 0 Å². The maximum Gasteiger partial charge on any atom is 0.264 e. The lowest BCUT2D eigenvalue weighted by Crippen LogP contribution is -2.33. The smallest absolute Gasteiger partial charge is 0.264 e. The first-order valence-electron chi connectivity index (χ1n) is 8.24. The van der Waals surface area contributed by atoms with Crippen molar-refractivity contribution in [1.29, 1.82) is 0 Å². The zero-order valence-corrected chi connectivity index (χ0v) is 16.6. The molecular weight excluding hydrogens is 372 g/mol. The zero-order valence-electron chi connectivity index (χ0n) is 15.0. The minimum absolute atomic E-state index is 0.0433. The van der Waals surface area contributed by atoms with Crippen LogP contribution in [0, 0.1) is 0 Å². The molecule has 1 aromatic heterocycles. The van der Waals surface area contributed by atoms with Gasteiger partial charge in [0, 0.05) is 31.6 Å². The van der Waals surface area contributed by atoms with Crippen LogP contribution in [0.1, 0.15) is 20.1 Å². The first-order valence-corrected chi connectivity index (χ1v) is 11.0. The van der Waals surface area contributed by atoms with Crippen LogP contribution in [0.25, 0.3) is 0 Å². The highest BCUT2D eigenvalue weighted by molar-refractivity contribution is 7.88. The third-order valence-electron chi connectivity index (χ3n) is 3.68. The monoisotopic (exact) mass is 396 g/mol. The average molecular weight is 397 g/mol. The van der Waals surface area contributed by atoms with Crippen LogP contribution in [-0.2, 0) is 27.7 Å². The maximum atomic E-state index is 12.9. The molecule has 142 valence electrons. The normalized spacial score (nSPS) is 11.5. The summed E-state index contributed by atoms with van der Waals surface area (Å²) in [7, 11) is -1.58. The van der Waals surface area contributed by atoms with Crippen molar-refractivity contribution in [3.63, 3.8) is 0 Å². The number of ether oxygens (including phenoxy) is 1. The van der Waals surface area contributed by atoms with Crippen molar-refractivity contribution in [2.24, 2.45) is 0 Å². The molecule has 0 spiro atoms. The molecule has 1 heterocycles. The van der Waals surface area contributed by atoms with Crippen LogP contribution in [0.5, 0.6) is 0 Å². The van der Waals surface area contributed by atoms with Gasteiger partial charge in [0.15, 0.2) is 0 Å². The summed E-state index contributed by atoms with van der Waals surface area (Å²) in [5.74, 6) is -0.0433. The number of carbonyl (C=O) groups is 1. The minimum Gasteiger partial charge on any atom is -0.383 e. The molecule has 0 unspecified atom stereocenters. The molecule has 1 N–H and O–H groups in total. The Balaban J connectivity index is 2.03. The zero-order chi connectivity index (χ0) is 19.0. The lowest BCUT2D eigenvalue weighted by molar-refractivity contribution is 0.0685. The number of amides is 1. The summed E-state index contributed by atoms with van der Waals surface area (Å²) in [5, 5.41) is 0. The van der Waals surface area contributed by atoms with Gasteiger partial charge in [-0.25, -0.2) is 13.1 Å². The Morgan fingerprint density at radius 3 is 2.58 bits per heavy atom. The molecule has 0 radical (unpaired) electrons. The molecule has 0 bridgehead atoms. The number of hydrogen-bond donors (Lipinski definition) is 1. The summed E-state index contributed by atoms with van der Waals surface area (Å²) < 4.78 is 29.8. The van der Waals surface area contributed by atoms with Crippen molar-refractivity contribution in [1.82, 2.24) is 9.62 Å². The third-order valence-corrected chi connectivity index (χ3v) is 5.54. The SMILES string of the molecule is COCCN(Cc1ccccc1)C(=O)c1ccc(CCNS(C)(=O)=O)s1. The summed E-state index contributed by atoms with van der Waals surface area (Å²) in [6, 6.07) is 13.5. The Morgan fingerprint density at radius 2 is 1.92 bits per heavy atom. The van der Waals surface area contributed by atoms with Gasteiger partial charge in [0.05, 0.1) is 17.7 Å². The molecule has 2 rings (SSSR count). The number of hydrogen-bond acceptors (Lipinski definition) is 5. The molecule has 0 fully saturated rings. The fourth-order valence-corrected chi connectivity index (χ4v) is 3.85. The summed E-state index contributed by atoms with van der Waals surface area (Å²) in [4.78, 5) is 16.3. The standard InChI is InChI=1S/C18H24N2O4S2/c1-24-13-12-20(14-15-6-4-3-5-7-15)18(21)17-9-8-16(25-17)10-11-19-26(2,22)23/h3-9,19H,10-14H2,1-2H3. The Kier molecular flexibility index (Phi) is 7.77. The lowest BCUT2D eigenvalue weighted by atomic mass is 10.2. The molecule has 0 aliphatic carbocycles. The fourth-order valence-electron chi connectivity index (χ4n) is 2.40. The molecule has 0 atom stereocenters. The molecule has 8 heteroatoms. The quantitative estimate of drug-likeness (QED) is 0.668. The number of nitrogens with one attached hydrogen (secondary N) is 1. The van der Waals surface area contributed by atoms with Crippen molar-refractivity contribution >= 4 is 27.3 Å². The summed E-state index contributed by atoms with van der Waals surface area (Å²) in [6.07, 6.45) is 1.69. The van der Waals surface area contributed by atoms with E-state index in [1.165, 1.54) is 11.3 Å². The average Bonchev–Trinajstić information content (AvgIpc) is 3.06. The van der Waals surface area contributed by atoms with E-state index in [1.54, 1.807) is 18.1 Å². The van der Waals surface area contributed by atoms with Gasteiger partial charge in [-0.2, -0.15) is 0 Å². The predicted octanol–water partition coefficient (Wildman–Crippen LogP) is 2.13. The van der Waals surface area contributed by atoms with Crippen LogP contribution in [-0.4, -0.2) is 52.3 Å². The second-order valence-corrected chi connectivity index (χ2v) is 8.89.